The number of rotatable bonds is 4. The molecule has 0 radical (unpaired) electrons. The van der Waals surface area contributed by atoms with Crippen LogP contribution >= 0.6 is 23.1 Å². The lowest BCUT2D eigenvalue weighted by molar-refractivity contribution is -0.115. The van der Waals surface area contributed by atoms with Gasteiger partial charge in [0.2, 0.25) is 5.91 Å². The molecule has 0 unspecified atom stereocenters. The monoisotopic (exact) mass is 356 g/mol. The Hall–Kier alpha value is -1.85. The smallest absolute Gasteiger partial charge is 0.237 e. The number of aryl methyl sites for hydroxylation is 3. The van der Waals surface area contributed by atoms with Crippen molar-refractivity contribution in [1.29, 1.82) is 0 Å². The fraction of sp³-hybridized carbons (Fsp3) is 0.263. The van der Waals surface area contributed by atoms with Gasteiger partial charge >= 0.3 is 0 Å². The highest BCUT2D eigenvalue weighted by atomic mass is 32.2. The maximum Gasteiger partial charge on any atom is 0.237 e. The van der Waals surface area contributed by atoms with Gasteiger partial charge in [0.1, 0.15) is 0 Å². The lowest BCUT2D eigenvalue weighted by Crippen LogP contribution is -2.23. The Labute approximate surface area is 150 Å². The van der Waals surface area contributed by atoms with Crippen molar-refractivity contribution in [2.45, 2.75) is 37.3 Å². The van der Waals surface area contributed by atoms with Gasteiger partial charge in [-0.25, -0.2) is 4.98 Å². The van der Waals surface area contributed by atoms with Crippen molar-refractivity contribution in [2.75, 3.05) is 5.32 Å². The molecule has 0 saturated carbocycles. The molecular formula is C19H20N2OS2. The third kappa shape index (κ3) is 3.62. The van der Waals surface area contributed by atoms with Crippen LogP contribution < -0.4 is 5.32 Å². The number of nitrogens with zero attached hydrogens (tertiary/aromatic N) is 1. The SMILES string of the molecule is Cc1cc(C)c(NC(=O)[C@@H](C)Sc2nc3ccccc3s2)c(C)c1. The zero-order valence-corrected chi connectivity index (χ0v) is 15.8. The minimum Gasteiger partial charge on any atom is -0.325 e. The lowest BCUT2D eigenvalue weighted by Gasteiger charge is -2.15. The van der Waals surface area contributed by atoms with Crippen LogP contribution in [-0.2, 0) is 4.79 Å². The third-order valence-corrected chi connectivity index (χ3v) is 6.08. The molecule has 0 spiro atoms. The fourth-order valence-corrected chi connectivity index (χ4v) is 4.92. The largest absolute Gasteiger partial charge is 0.325 e. The first kappa shape index (κ1) is 17.0. The predicted molar refractivity (Wildman–Crippen MR) is 104 cm³/mol. The van der Waals surface area contributed by atoms with Gasteiger partial charge in [-0.05, 0) is 51.0 Å². The van der Waals surface area contributed by atoms with Crippen molar-refractivity contribution in [3.05, 3.63) is 53.1 Å². The molecule has 2 aromatic carbocycles. The highest BCUT2D eigenvalue weighted by Gasteiger charge is 2.18. The molecule has 1 N–H and O–H groups in total. The van der Waals surface area contributed by atoms with E-state index in [9.17, 15) is 4.79 Å². The Bertz CT molecular complexity index is 845. The Morgan fingerprint density at radius 2 is 1.83 bits per heavy atom. The van der Waals surface area contributed by atoms with Gasteiger partial charge in [-0.3, -0.25) is 4.79 Å². The summed E-state index contributed by atoms with van der Waals surface area (Å²) >= 11 is 3.14. The van der Waals surface area contributed by atoms with Gasteiger partial charge in [0.15, 0.2) is 4.34 Å². The molecule has 1 heterocycles. The van der Waals surface area contributed by atoms with E-state index in [4.69, 9.17) is 0 Å². The van der Waals surface area contributed by atoms with Crippen molar-refractivity contribution >= 4 is 44.9 Å². The number of nitrogens with one attached hydrogen (secondary N) is 1. The maximum absolute atomic E-state index is 12.6. The van der Waals surface area contributed by atoms with E-state index in [1.807, 2.05) is 39.0 Å². The summed E-state index contributed by atoms with van der Waals surface area (Å²) in [5.74, 6) is 0.00862. The van der Waals surface area contributed by atoms with E-state index in [1.54, 1.807) is 11.3 Å². The second-order valence-electron chi connectivity index (χ2n) is 5.97. The average Bonchev–Trinajstić information content (AvgIpc) is 2.92. The van der Waals surface area contributed by atoms with E-state index in [0.717, 1.165) is 31.4 Å². The van der Waals surface area contributed by atoms with E-state index in [-0.39, 0.29) is 11.2 Å². The van der Waals surface area contributed by atoms with Crippen molar-refractivity contribution in [1.82, 2.24) is 4.98 Å². The van der Waals surface area contributed by atoms with Gasteiger partial charge < -0.3 is 5.32 Å². The van der Waals surface area contributed by atoms with E-state index in [2.05, 4.69) is 35.4 Å². The number of thiazole rings is 1. The van der Waals surface area contributed by atoms with Gasteiger partial charge in [0.05, 0.1) is 15.5 Å². The molecule has 0 aliphatic rings. The summed E-state index contributed by atoms with van der Waals surface area (Å²) in [5.41, 5.74) is 5.31. The first-order chi connectivity index (χ1) is 11.4. The molecule has 0 aliphatic heterocycles. The van der Waals surface area contributed by atoms with Gasteiger partial charge in [-0.1, -0.05) is 41.6 Å². The van der Waals surface area contributed by atoms with Gasteiger partial charge in [0, 0.05) is 5.69 Å². The maximum atomic E-state index is 12.6. The molecule has 3 nitrogen and oxygen atoms in total. The Morgan fingerprint density at radius 3 is 2.50 bits per heavy atom. The molecule has 3 rings (SSSR count). The standard InChI is InChI=1S/C19H20N2OS2/c1-11-9-12(2)17(13(3)10-11)21-18(22)14(4)23-19-20-15-7-5-6-8-16(15)24-19/h5-10,14H,1-4H3,(H,21,22)/t14-/m1/s1. The average molecular weight is 357 g/mol. The molecule has 1 amide bonds. The summed E-state index contributed by atoms with van der Waals surface area (Å²) in [5, 5.41) is 2.87. The number of para-hydroxylation sites is 1. The Balaban J connectivity index is 1.73. The topological polar surface area (TPSA) is 42.0 Å². The van der Waals surface area contributed by atoms with Crippen molar-refractivity contribution in [3.63, 3.8) is 0 Å². The van der Waals surface area contributed by atoms with Crippen molar-refractivity contribution in [3.8, 4) is 0 Å². The zero-order valence-electron chi connectivity index (χ0n) is 14.2. The van der Waals surface area contributed by atoms with Crippen LogP contribution in [0.3, 0.4) is 0 Å². The van der Waals surface area contributed by atoms with Gasteiger partial charge in [-0.15, -0.1) is 11.3 Å². The minimum absolute atomic E-state index is 0.00862. The van der Waals surface area contributed by atoms with E-state index in [1.165, 1.54) is 17.3 Å². The number of carbonyl (C=O) groups is 1. The normalized spacial score (nSPS) is 12.3. The molecule has 0 aliphatic carbocycles. The number of aromatic nitrogens is 1. The van der Waals surface area contributed by atoms with Crippen molar-refractivity contribution < 1.29 is 4.79 Å². The highest BCUT2D eigenvalue weighted by molar-refractivity contribution is 8.02. The summed E-state index contributed by atoms with van der Waals surface area (Å²) in [4.78, 5) is 17.2. The summed E-state index contributed by atoms with van der Waals surface area (Å²) < 4.78 is 2.08. The number of anilines is 1. The minimum atomic E-state index is -0.203. The molecule has 5 heteroatoms. The van der Waals surface area contributed by atoms with Crippen LogP contribution in [-0.4, -0.2) is 16.1 Å². The van der Waals surface area contributed by atoms with Gasteiger partial charge in [0.25, 0.3) is 0 Å². The molecule has 0 bridgehead atoms. The van der Waals surface area contributed by atoms with Gasteiger partial charge in [-0.2, -0.15) is 0 Å². The molecule has 0 saturated heterocycles. The molecule has 1 atom stereocenters. The number of hydrogen-bond acceptors (Lipinski definition) is 4. The molecule has 3 aromatic rings. The van der Waals surface area contributed by atoms with Crippen LogP contribution in [0.25, 0.3) is 10.2 Å². The number of fused-ring (bicyclic) bond motifs is 1. The second kappa shape index (κ2) is 6.95. The Kier molecular flexibility index (Phi) is 4.92. The fourth-order valence-electron chi connectivity index (χ4n) is 2.71. The third-order valence-electron chi connectivity index (χ3n) is 3.85. The van der Waals surface area contributed by atoms with Crippen LogP contribution in [0.5, 0.6) is 0 Å². The number of amides is 1. The molecule has 124 valence electrons. The number of hydrogen-bond donors (Lipinski definition) is 1. The predicted octanol–water partition coefficient (Wildman–Crippen LogP) is 5.34. The van der Waals surface area contributed by atoms with Crippen LogP contribution in [0.1, 0.15) is 23.6 Å². The summed E-state index contributed by atoms with van der Waals surface area (Å²) in [7, 11) is 0. The summed E-state index contributed by atoms with van der Waals surface area (Å²) in [6, 6.07) is 12.2. The molecule has 24 heavy (non-hydrogen) atoms. The van der Waals surface area contributed by atoms with Crippen LogP contribution in [0.15, 0.2) is 40.7 Å². The number of benzene rings is 2. The quantitative estimate of drug-likeness (QED) is 0.642. The summed E-state index contributed by atoms with van der Waals surface area (Å²) in [6.07, 6.45) is 0. The first-order valence-corrected chi connectivity index (χ1v) is 9.54. The number of carbonyl (C=O) groups excluding carboxylic acids is 1. The van der Waals surface area contributed by atoms with E-state index in [0.29, 0.717) is 0 Å². The molecule has 0 fully saturated rings. The van der Waals surface area contributed by atoms with Crippen LogP contribution in [0.4, 0.5) is 5.69 Å². The number of thioether (sulfide) groups is 1. The van der Waals surface area contributed by atoms with E-state index < -0.39 is 0 Å². The summed E-state index contributed by atoms with van der Waals surface area (Å²) in [6.45, 7) is 8.05. The lowest BCUT2D eigenvalue weighted by atomic mass is 10.1. The van der Waals surface area contributed by atoms with E-state index >= 15 is 0 Å². The van der Waals surface area contributed by atoms with Crippen molar-refractivity contribution in [2.24, 2.45) is 0 Å². The van der Waals surface area contributed by atoms with Crippen LogP contribution in [0.2, 0.25) is 0 Å². The molecular weight excluding hydrogens is 336 g/mol. The van der Waals surface area contributed by atoms with Crippen LogP contribution in [0, 0.1) is 20.8 Å². The highest BCUT2D eigenvalue weighted by Crippen LogP contribution is 2.32. The second-order valence-corrected chi connectivity index (χ2v) is 8.59. The zero-order chi connectivity index (χ0) is 17.3. The first-order valence-electron chi connectivity index (χ1n) is 7.85. The molecule has 1 aromatic heterocycles. The Morgan fingerprint density at radius 1 is 1.17 bits per heavy atom.